The van der Waals surface area contributed by atoms with Crippen LogP contribution in [0.1, 0.15) is 19.3 Å². The summed E-state index contributed by atoms with van der Waals surface area (Å²) in [5, 5.41) is 6.32. The summed E-state index contributed by atoms with van der Waals surface area (Å²) in [5.74, 6) is 1.79. The molecule has 1 fully saturated rings. The minimum atomic E-state index is -2.84. The van der Waals surface area contributed by atoms with Crippen LogP contribution in [0.25, 0.3) is 0 Å². The summed E-state index contributed by atoms with van der Waals surface area (Å²) in [6.07, 6.45) is 4.48. The van der Waals surface area contributed by atoms with Crippen molar-refractivity contribution in [1.82, 2.24) is 10.6 Å². The summed E-state index contributed by atoms with van der Waals surface area (Å²) in [5.41, 5.74) is 0. The van der Waals surface area contributed by atoms with Crippen LogP contribution >= 0.6 is 24.0 Å². The zero-order valence-electron chi connectivity index (χ0n) is 10.4. The third-order valence-electron chi connectivity index (χ3n) is 2.46. The van der Waals surface area contributed by atoms with Gasteiger partial charge < -0.3 is 10.6 Å². The molecule has 0 aromatic carbocycles. The number of aliphatic imine (C=N–C) groups is 1. The molecule has 5 nitrogen and oxygen atoms in total. The van der Waals surface area contributed by atoms with Crippen molar-refractivity contribution in [2.45, 2.75) is 19.3 Å². The lowest BCUT2D eigenvalue weighted by Crippen LogP contribution is -2.39. The van der Waals surface area contributed by atoms with E-state index in [-0.39, 0.29) is 29.7 Å². The van der Waals surface area contributed by atoms with Gasteiger partial charge in [-0.05, 0) is 25.2 Å². The van der Waals surface area contributed by atoms with E-state index in [1.54, 1.807) is 7.05 Å². The predicted octanol–water partition coefficient (Wildman–Crippen LogP) is 0.614. The number of sulfone groups is 1. The maximum Gasteiger partial charge on any atom is 0.190 e. The van der Waals surface area contributed by atoms with Crippen LogP contribution in [0, 0.1) is 5.92 Å². The third-order valence-corrected chi connectivity index (χ3v) is 3.49. The fourth-order valence-corrected chi connectivity index (χ4v) is 1.99. The largest absolute Gasteiger partial charge is 0.356 e. The van der Waals surface area contributed by atoms with Crippen molar-refractivity contribution in [2.75, 3.05) is 32.1 Å². The number of rotatable bonds is 6. The molecule has 0 aromatic rings. The zero-order valence-corrected chi connectivity index (χ0v) is 13.5. The van der Waals surface area contributed by atoms with Gasteiger partial charge in [-0.15, -0.1) is 24.0 Å². The molecule has 1 saturated carbocycles. The highest BCUT2D eigenvalue weighted by Crippen LogP contribution is 2.27. The topological polar surface area (TPSA) is 70.6 Å². The molecule has 7 heteroatoms. The highest BCUT2D eigenvalue weighted by atomic mass is 127. The zero-order chi connectivity index (χ0) is 12.0. The van der Waals surface area contributed by atoms with Crippen molar-refractivity contribution >= 4 is 39.8 Å². The van der Waals surface area contributed by atoms with Gasteiger partial charge in [-0.2, -0.15) is 0 Å². The summed E-state index contributed by atoms with van der Waals surface area (Å²) in [6, 6.07) is 0. The Balaban J connectivity index is 0.00000256. The minimum absolute atomic E-state index is 0. The molecule has 0 saturated heterocycles. The molecule has 0 radical (unpaired) electrons. The number of nitrogens with one attached hydrogen (secondary N) is 2. The van der Waals surface area contributed by atoms with E-state index in [2.05, 4.69) is 15.6 Å². The monoisotopic (exact) mass is 375 g/mol. The molecule has 1 aliphatic carbocycles. The van der Waals surface area contributed by atoms with Crippen LogP contribution in [0.5, 0.6) is 0 Å². The van der Waals surface area contributed by atoms with Crippen LogP contribution < -0.4 is 10.6 Å². The molecule has 17 heavy (non-hydrogen) atoms. The van der Waals surface area contributed by atoms with Crippen LogP contribution in [0.2, 0.25) is 0 Å². The van der Waals surface area contributed by atoms with E-state index < -0.39 is 9.84 Å². The number of hydrogen-bond acceptors (Lipinski definition) is 3. The SMILES string of the molecule is CN=C(NCCCS(C)(=O)=O)NCC1CC1.I. The molecule has 0 amide bonds. The van der Waals surface area contributed by atoms with Crippen molar-refractivity contribution in [1.29, 1.82) is 0 Å². The number of guanidine groups is 1. The quantitative estimate of drug-likeness (QED) is 0.309. The van der Waals surface area contributed by atoms with Crippen molar-refractivity contribution in [3.05, 3.63) is 0 Å². The van der Waals surface area contributed by atoms with Gasteiger partial charge >= 0.3 is 0 Å². The molecule has 0 heterocycles. The lowest BCUT2D eigenvalue weighted by molar-refractivity contribution is 0.598. The van der Waals surface area contributed by atoms with Gasteiger partial charge in [-0.1, -0.05) is 0 Å². The van der Waals surface area contributed by atoms with E-state index in [1.165, 1.54) is 19.1 Å². The fourth-order valence-electron chi connectivity index (χ4n) is 1.32. The van der Waals surface area contributed by atoms with Crippen LogP contribution in [0.3, 0.4) is 0 Å². The van der Waals surface area contributed by atoms with Crippen LogP contribution in [0.4, 0.5) is 0 Å². The van der Waals surface area contributed by atoms with Gasteiger partial charge in [0.2, 0.25) is 0 Å². The van der Waals surface area contributed by atoms with Gasteiger partial charge in [0.25, 0.3) is 0 Å². The summed E-state index contributed by atoms with van der Waals surface area (Å²) in [6.45, 7) is 1.60. The van der Waals surface area contributed by atoms with E-state index >= 15 is 0 Å². The van der Waals surface area contributed by atoms with E-state index in [1.807, 2.05) is 0 Å². The molecule has 0 aliphatic heterocycles. The van der Waals surface area contributed by atoms with Crippen molar-refractivity contribution < 1.29 is 8.42 Å². The first kappa shape index (κ1) is 16.9. The highest BCUT2D eigenvalue weighted by Gasteiger charge is 2.20. The molecular weight excluding hydrogens is 353 g/mol. The van der Waals surface area contributed by atoms with E-state index in [4.69, 9.17) is 0 Å². The second kappa shape index (κ2) is 8.12. The highest BCUT2D eigenvalue weighted by molar-refractivity contribution is 14.0. The molecule has 2 N–H and O–H groups in total. The molecule has 1 aliphatic rings. The number of hydrogen-bond donors (Lipinski definition) is 2. The summed E-state index contributed by atoms with van der Waals surface area (Å²) < 4.78 is 21.8. The summed E-state index contributed by atoms with van der Waals surface area (Å²) in [7, 11) is -1.12. The Morgan fingerprint density at radius 1 is 1.35 bits per heavy atom. The molecular formula is C10H22IN3O2S. The average Bonchev–Trinajstić information content (AvgIpc) is 2.99. The van der Waals surface area contributed by atoms with Gasteiger partial charge in [0.05, 0.1) is 5.75 Å². The standard InChI is InChI=1S/C10H21N3O2S.HI/c1-11-10(13-8-9-4-5-9)12-6-3-7-16(2,14)15;/h9H,3-8H2,1-2H3,(H2,11,12,13);1H. The fraction of sp³-hybridized carbons (Fsp3) is 0.900. The van der Waals surface area contributed by atoms with E-state index in [0.717, 1.165) is 18.4 Å². The normalized spacial score (nSPS) is 16.2. The van der Waals surface area contributed by atoms with Gasteiger partial charge in [0.1, 0.15) is 9.84 Å². The van der Waals surface area contributed by atoms with Gasteiger partial charge in [0.15, 0.2) is 5.96 Å². The minimum Gasteiger partial charge on any atom is -0.356 e. The molecule has 1 rings (SSSR count). The molecule has 0 atom stereocenters. The van der Waals surface area contributed by atoms with Crippen LogP contribution in [-0.4, -0.2) is 46.5 Å². The second-order valence-electron chi connectivity index (χ2n) is 4.31. The van der Waals surface area contributed by atoms with Crippen molar-refractivity contribution in [3.8, 4) is 0 Å². The van der Waals surface area contributed by atoms with Gasteiger partial charge in [-0.25, -0.2) is 8.42 Å². The van der Waals surface area contributed by atoms with E-state index in [9.17, 15) is 8.42 Å². The summed E-state index contributed by atoms with van der Waals surface area (Å²) >= 11 is 0. The third kappa shape index (κ3) is 9.63. The van der Waals surface area contributed by atoms with Gasteiger partial charge in [0, 0.05) is 26.4 Å². The average molecular weight is 375 g/mol. The second-order valence-corrected chi connectivity index (χ2v) is 6.57. The van der Waals surface area contributed by atoms with Gasteiger partial charge in [-0.3, -0.25) is 4.99 Å². The van der Waals surface area contributed by atoms with Crippen molar-refractivity contribution in [3.63, 3.8) is 0 Å². The van der Waals surface area contributed by atoms with Crippen molar-refractivity contribution in [2.24, 2.45) is 10.9 Å². The molecule has 0 aromatic heterocycles. The molecule has 0 unspecified atom stereocenters. The lowest BCUT2D eigenvalue weighted by Gasteiger charge is -2.10. The number of halogens is 1. The Bertz CT molecular complexity index is 339. The Morgan fingerprint density at radius 2 is 2.00 bits per heavy atom. The Hall–Kier alpha value is -0.0500. The first-order valence-corrected chi connectivity index (χ1v) is 7.69. The predicted molar refractivity (Wildman–Crippen MR) is 81.8 cm³/mol. The molecule has 102 valence electrons. The lowest BCUT2D eigenvalue weighted by atomic mass is 10.4. The maximum atomic E-state index is 10.9. The smallest absolute Gasteiger partial charge is 0.190 e. The molecule has 0 spiro atoms. The van der Waals surface area contributed by atoms with E-state index in [0.29, 0.717) is 13.0 Å². The van der Waals surface area contributed by atoms with Crippen LogP contribution in [0.15, 0.2) is 4.99 Å². The Kier molecular flexibility index (Phi) is 8.10. The first-order chi connectivity index (χ1) is 7.51. The number of nitrogens with zero attached hydrogens (tertiary/aromatic N) is 1. The Morgan fingerprint density at radius 3 is 2.47 bits per heavy atom. The Labute approximate surface area is 121 Å². The molecule has 0 bridgehead atoms. The summed E-state index contributed by atoms with van der Waals surface area (Å²) in [4.78, 5) is 4.07. The maximum absolute atomic E-state index is 10.9. The van der Waals surface area contributed by atoms with Crippen LogP contribution in [-0.2, 0) is 9.84 Å². The first-order valence-electron chi connectivity index (χ1n) is 5.63.